The fraction of sp³-hybridized carbons (Fsp3) is 0.667. The van der Waals surface area contributed by atoms with Gasteiger partial charge in [0.1, 0.15) is 28.9 Å². The largest absolute Gasteiger partial charge is 0.463 e. The van der Waals surface area contributed by atoms with E-state index in [1.165, 1.54) is 0 Å². The Morgan fingerprint density at radius 1 is 1.50 bits per heavy atom. The maximum atomic E-state index is 12.3. The number of amides is 1. The average molecular weight is 372 g/mol. The van der Waals surface area contributed by atoms with Crippen molar-refractivity contribution in [2.75, 3.05) is 13.2 Å². The number of halogens is 1. The lowest BCUT2D eigenvalue weighted by molar-refractivity contribution is -0.145. The lowest BCUT2D eigenvalue weighted by Crippen LogP contribution is -2.43. The second-order valence-electron chi connectivity index (χ2n) is 6.42. The first kappa shape index (κ1) is 15.7. The number of epoxide rings is 1. The zero-order valence-electron chi connectivity index (χ0n) is 12.4. The van der Waals surface area contributed by atoms with Gasteiger partial charge in [-0.15, -0.1) is 0 Å². The molecule has 0 aromatic heterocycles. The van der Waals surface area contributed by atoms with Crippen molar-refractivity contribution < 1.29 is 23.9 Å². The Morgan fingerprint density at radius 2 is 2.23 bits per heavy atom. The molecule has 0 aromatic rings. The predicted octanol–water partition coefficient (Wildman–Crippen LogP) is 0.588. The van der Waals surface area contributed by atoms with Crippen LogP contribution in [0.25, 0.3) is 0 Å². The molecule has 3 aliphatic rings. The Bertz CT molecular complexity index is 555. The summed E-state index contributed by atoms with van der Waals surface area (Å²) in [4.78, 5) is 35.1. The van der Waals surface area contributed by atoms with Crippen LogP contribution in [0.1, 0.15) is 13.8 Å². The van der Waals surface area contributed by atoms with Crippen molar-refractivity contribution >= 4 is 34.1 Å². The van der Waals surface area contributed by atoms with E-state index in [4.69, 9.17) is 9.47 Å². The number of rotatable bonds is 6. The molecule has 0 aromatic carbocycles. The third kappa shape index (κ3) is 2.31. The van der Waals surface area contributed by atoms with Crippen LogP contribution in [-0.2, 0) is 23.9 Å². The van der Waals surface area contributed by atoms with Crippen molar-refractivity contribution in [1.82, 2.24) is 5.32 Å². The van der Waals surface area contributed by atoms with E-state index >= 15 is 0 Å². The van der Waals surface area contributed by atoms with Crippen molar-refractivity contribution in [2.45, 2.75) is 29.9 Å². The normalized spacial score (nSPS) is 37.6. The summed E-state index contributed by atoms with van der Waals surface area (Å²) in [6.07, 6.45) is 4.53. The third-order valence-corrected chi connectivity index (χ3v) is 4.86. The highest BCUT2D eigenvalue weighted by atomic mass is 79.9. The summed E-state index contributed by atoms with van der Waals surface area (Å²) >= 11 is 3.21. The van der Waals surface area contributed by atoms with E-state index in [2.05, 4.69) is 21.2 Å². The van der Waals surface area contributed by atoms with Crippen molar-refractivity contribution in [2.24, 2.45) is 17.8 Å². The van der Waals surface area contributed by atoms with Crippen LogP contribution >= 0.6 is 15.9 Å². The molecule has 2 aliphatic carbocycles. The minimum atomic E-state index is -0.743. The van der Waals surface area contributed by atoms with Crippen molar-refractivity contribution in [3.63, 3.8) is 0 Å². The zero-order chi connectivity index (χ0) is 16.1. The molecule has 1 amide bonds. The lowest BCUT2D eigenvalue weighted by Gasteiger charge is -2.29. The summed E-state index contributed by atoms with van der Waals surface area (Å²) in [6.45, 7) is 3.71. The molecule has 3 rings (SSSR count). The summed E-state index contributed by atoms with van der Waals surface area (Å²) in [5.74, 6) is -1.37. The summed E-state index contributed by atoms with van der Waals surface area (Å²) in [5.41, 5.74) is -0.361. The Hall–Kier alpha value is -1.21. The van der Waals surface area contributed by atoms with Crippen LogP contribution in [0.2, 0.25) is 0 Å². The molecule has 5 unspecified atom stereocenters. The van der Waals surface area contributed by atoms with Crippen LogP contribution < -0.4 is 5.32 Å². The minimum absolute atomic E-state index is 0.0169. The highest BCUT2D eigenvalue weighted by Gasteiger charge is 2.76. The Kier molecular flexibility index (Phi) is 3.68. The van der Waals surface area contributed by atoms with E-state index in [9.17, 15) is 14.4 Å². The first-order valence-corrected chi connectivity index (χ1v) is 8.07. The molecular weight excluding hydrogens is 354 g/mol. The van der Waals surface area contributed by atoms with E-state index in [0.717, 1.165) is 6.29 Å². The second-order valence-corrected chi connectivity index (χ2v) is 8.40. The van der Waals surface area contributed by atoms with Gasteiger partial charge in [-0.1, -0.05) is 28.1 Å². The number of hydrogen-bond donors (Lipinski definition) is 1. The summed E-state index contributed by atoms with van der Waals surface area (Å²) in [7, 11) is 0. The number of carbonyl (C=O) groups is 3. The Labute approximate surface area is 136 Å². The van der Waals surface area contributed by atoms with Crippen LogP contribution in [0.15, 0.2) is 12.2 Å². The molecule has 1 saturated heterocycles. The van der Waals surface area contributed by atoms with Crippen LogP contribution in [-0.4, -0.2) is 47.3 Å². The van der Waals surface area contributed by atoms with E-state index in [-0.39, 0.29) is 48.6 Å². The SMILES string of the molecule is CC(C)(Br)C(=O)OCCNC(=O)C1C(C=O)C2OC23C=CC13. The number of ether oxygens (including phenoxy) is 2. The van der Waals surface area contributed by atoms with E-state index in [0.29, 0.717) is 0 Å². The summed E-state index contributed by atoms with van der Waals surface area (Å²) < 4.78 is 9.86. The number of carbonyl (C=O) groups excluding carboxylic acids is 3. The quantitative estimate of drug-likeness (QED) is 0.184. The molecule has 120 valence electrons. The fourth-order valence-corrected chi connectivity index (χ4v) is 3.41. The minimum Gasteiger partial charge on any atom is -0.463 e. The maximum absolute atomic E-state index is 12.3. The molecule has 1 N–H and O–H groups in total. The number of alkyl halides is 1. The highest BCUT2D eigenvalue weighted by Crippen LogP contribution is 2.64. The van der Waals surface area contributed by atoms with Crippen LogP contribution in [0.5, 0.6) is 0 Å². The van der Waals surface area contributed by atoms with E-state index in [1.807, 2.05) is 12.2 Å². The van der Waals surface area contributed by atoms with Gasteiger partial charge in [0.15, 0.2) is 0 Å². The second kappa shape index (κ2) is 5.16. The van der Waals surface area contributed by atoms with Gasteiger partial charge in [0.05, 0.1) is 18.4 Å². The molecule has 1 aliphatic heterocycles. The van der Waals surface area contributed by atoms with Gasteiger partial charge < -0.3 is 19.6 Å². The average Bonchev–Trinajstić information content (AvgIpc) is 3.14. The summed E-state index contributed by atoms with van der Waals surface area (Å²) in [5, 5.41) is 2.74. The molecule has 7 heteroatoms. The van der Waals surface area contributed by atoms with Crippen molar-refractivity contribution in [1.29, 1.82) is 0 Å². The molecule has 1 heterocycles. The van der Waals surface area contributed by atoms with Crippen molar-refractivity contribution in [3.05, 3.63) is 12.2 Å². The van der Waals surface area contributed by atoms with Gasteiger partial charge in [0, 0.05) is 5.92 Å². The molecule has 2 fully saturated rings. The number of hydrogen-bond acceptors (Lipinski definition) is 5. The van der Waals surface area contributed by atoms with E-state index < -0.39 is 10.2 Å². The highest BCUT2D eigenvalue weighted by molar-refractivity contribution is 9.10. The topological polar surface area (TPSA) is 85.0 Å². The molecule has 22 heavy (non-hydrogen) atoms. The molecule has 1 saturated carbocycles. The van der Waals surface area contributed by atoms with Crippen molar-refractivity contribution in [3.8, 4) is 0 Å². The lowest BCUT2D eigenvalue weighted by atomic mass is 9.77. The molecular formula is C15H18BrNO5. The van der Waals surface area contributed by atoms with Gasteiger partial charge in [-0.2, -0.15) is 0 Å². The first-order valence-electron chi connectivity index (χ1n) is 7.27. The number of esters is 1. The predicted molar refractivity (Wildman–Crippen MR) is 80.3 cm³/mol. The molecule has 0 bridgehead atoms. The van der Waals surface area contributed by atoms with Gasteiger partial charge in [0.2, 0.25) is 5.91 Å². The maximum Gasteiger partial charge on any atom is 0.322 e. The third-order valence-electron chi connectivity index (χ3n) is 4.53. The molecule has 5 atom stereocenters. The fourth-order valence-electron chi connectivity index (χ4n) is 3.29. The van der Waals surface area contributed by atoms with Gasteiger partial charge in [-0.05, 0) is 13.8 Å². The summed E-state index contributed by atoms with van der Waals surface area (Å²) in [6, 6.07) is 0. The van der Waals surface area contributed by atoms with Gasteiger partial charge in [-0.3, -0.25) is 9.59 Å². The Balaban J connectivity index is 1.48. The Morgan fingerprint density at radius 3 is 2.77 bits per heavy atom. The monoisotopic (exact) mass is 371 g/mol. The van der Waals surface area contributed by atoms with Crippen LogP contribution in [0.4, 0.5) is 0 Å². The van der Waals surface area contributed by atoms with Crippen LogP contribution in [0, 0.1) is 17.8 Å². The molecule has 6 nitrogen and oxygen atoms in total. The van der Waals surface area contributed by atoms with Gasteiger partial charge >= 0.3 is 5.97 Å². The molecule has 1 spiro atoms. The standard InChI is InChI=1S/C15H18BrNO5/c1-14(2,16)13(20)21-6-5-17-12(19)10-8(7-18)11-15(22-11)4-3-9(10)15/h3-4,7-11H,5-6H2,1-2H3,(H,17,19). The van der Waals surface area contributed by atoms with Gasteiger partial charge in [-0.25, -0.2) is 0 Å². The zero-order valence-corrected chi connectivity index (χ0v) is 14.0. The number of aldehydes is 1. The smallest absolute Gasteiger partial charge is 0.322 e. The molecule has 0 radical (unpaired) electrons. The van der Waals surface area contributed by atoms with Gasteiger partial charge in [0.25, 0.3) is 0 Å². The van der Waals surface area contributed by atoms with Crippen LogP contribution in [0.3, 0.4) is 0 Å². The first-order chi connectivity index (χ1) is 10.3. The van der Waals surface area contributed by atoms with E-state index in [1.54, 1.807) is 13.8 Å². The number of nitrogens with one attached hydrogen (secondary N) is 1.